The van der Waals surface area contributed by atoms with Crippen molar-refractivity contribution < 1.29 is 9.47 Å². The van der Waals surface area contributed by atoms with Crippen molar-refractivity contribution >= 4 is 17.0 Å². The van der Waals surface area contributed by atoms with Crippen molar-refractivity contribution in [3.63, 3.8) is 0 Å². The molecule has 0 fully saturated rings. The Morgan fingerprint density at radius 3 is 2.89 bits per heavy atom. The minimum absolute atomic E-state index is 0.672. The molecule has 0 atom stereocenters. The van der Waals surface area contributed by atoms with E-state index in [0.29, 0.717) is 12.2 Å². The summed E-state index contributed by atoms with van der Waals surface area (Å²) in [5.74, 6) is -0.697. The van der Waals surface area contributed by atoms with E-state index in [1.54, 1.807) is 30.1 Å². The smallest absolute Gasteiger partial charge is 0.274 e. The van der Waals surface area contributed by atoms with E-state index < -0.39 is 5.79 Å². The molecule has 2 aromatic heterocycles. The number of nitrogens with two attached hydrogens (primary N) is 1. The molecule has 6 heteroatoms. The Morgan fingerprint density at radius 2 is 2.22 bits per heavy atom. The van der Waals surface area contributed by atoms with Gasteiger partial charge in [0.05, 0.1) is 18.4 Å². The van der Waals surface area contributed by atoms with E-state index in [2.05, 4.69) is 11.2 Å². The van der Waals surface area contributed by atoms with Crippen molar-refractivity contribution in [2.24, 2.45) is 0 Å². The van der Waals surface area contributed by atoms with Crippen LogP contribution in [0.25, 0.3) is 0 Å². The molecule has 0 spiro atoms. The number of hydrogen-bond donors (Lipinski definition) is 1. The SMILES string of the molecule is CC1(c2csc(Cn3cc(N)cn3)c2)OC=CO1. The molecular weight excluding hydrogens is 250 g/mol. The molecule has 0 saturated heterocycles. The summed E-state index contributed by atoms with van der Waals surface area (Å²) in [7, 11) is 0. The number of nitrogens with zero attached hydrogens (tertiary/aromatic N) is 2. The third-order valence-corrected chi connectivity index (χ3v) is 3.71. The van der Waals surface area contributed by atoms with Crippen LogP contribution in [0.1, 0.15) is 17.4 Å². The monoisotopic (exact) mass is 263 g/mol. The maximum absolute atomic E-state index is 5.63. The maximum Gasteiger partial charge on any atom is 0.274 e. The second-order valence-electron chi connectivity index (χ2n) is 4.23. The molecule has 0 unspecified atom stereocenters. The number of ether oxygens (including phenoxy) is 2. The summed E-state index contributed by atoms with van der Waals surface area (Å²) in [5.41, 5.74) is 7.31. The molecule has 0 radical (unpaired) electrons. The molecule has 94 valence electrons. The Labute approximate surface area is 108 Å². The minimum Gasteiger partial charge on any atom is -0.453 e. The largest absolute Gasteiger partial charge is 0.453 e. The van der Waals surface area contributed by atoms with Crippen molar-refractivity contribution in [2.75, 3.05) is 5.73 Å². The Kier molecular flexibility index (Phi) is 2.52. The van der Waals surface area contributed by atoms with E-state index in [4.69, 9.17) is 15.2 Å². The summed E-state index contributed by atoms with van der Waals surface area (Å²) in [5, 5.41) is 6.20. The van der Waals surface area contributed by atoms with E-state index in [-0.39, 0.29) is 0 Å². The van der Waals surface area contributed by atoms with Crippen LogP contribution in [-0.2, 0) is 21.8 Å². The molecule has 1 aliphatic heterocycles. The normalized spacial score (nSPS) is 16.5. The van der Waals surface area contributed by atoms with Crippen molar-refractivity contribution in [3.05, 3.63) is 46.8 Å². The number of aromatic nitrogens is 2. The van der Waals surface area contributed by atoms with Gasteiger partial charge >= 0.3 is 0 Å². The van der Waals surface area contributed by atoms with Crippen molar-refractivity contribution in [1.29, 1.82) is 0 Å². The first kappa shape index (κ1) is 11.2. The van der Waals surface area contributed by atoms with Gasteiger partial charge in [-0.3, -0.25) is 4.68 Å². The molecule has 2 N–H and O–H groups in total. The molecule has 1 aliphatic rings. The third-order valence-electron chi connectivity index (χ3n) is 2.79. The lowest BCUT2D eigenvalue weighted by molar-refractivity contribution is -0.132. The average molecular weight is 263 g/mol. The molecule has 3 heterocycles. The zero-order chi connectivity index (χ0) is 12.6. The van der Waals surface area contributed by atoms with Crippen LogP contribution in [0.3, 0.4) is 0 Å². The highest BCUT2D eigenvalue weighted by Gasteiger charge is 2.32. The second-order valence-corrected chi connectivity index (χ2v) is 5.22. The first-order chi connectivity index (χ1) is 8.66. The predicted molar refractivity (Wildman–Crippen MR) is 68.7 cm³/mol. The van der Waals surface area contributed by atoms with Crippen LogP contribution in [0.4, 0.5) is 5.69 Å². The van der Waals surface area contributed by atoms with Gasteiger partial charge in [-0.1, -0.05) is 0 Å². The zero-order valence-electron chi connectivity index (χ0n) is 9.87. The average Bonchev–Trinajstić information content (AvgIpc) is 3.02. The summed E-state index contributed by atoms with van der Waals surface area (Å²) in [4.78, 5) is 1.17. The lowest BCUT2D eigenvalue weighted by Crippen LogP contribution is -2.21. The van der Waals surface area contributed by atoms with Crippen LogP contribution in [-0.4, -0.2) is 9.78 Å². The van der Waals surface area contributed by atoms with Crippen LogP contribution in [0, 0.1) is 0 Å². The van der Waals surface area contributed by atoms with Gasteiger partial charge in [0.1, 0.15) is 12.5 Å². The van der Waals surface area contributed by atoms with Crippen LogP contribution >= 0.6 is 11.3 Å². The number of rotatable bonds is 3. The van der Waals surface area contributed by atoms with E-state index in [9.17, 15) is 0 Å². The van der Waals surface area contributed by atoms with Crippen LogP contribution in [0.2, 0.25) is 0 Å². The standard InChI is InChI=1S/C12H13N3O2S/c1-12(16-2-3-17-12)9-4-11(18-8-9)7-15-6-10(13)5-14-15/h2-6,8H,7,13H2,1H3. The highest BCUT2D eigenvalue weighted by Crippen LogP contribution is 2.34. The molecule has 5 nitrogen and oxygen atoms in total. The summed E-state index contributed by atoms with van der Waals surface area (Å²) in [6, 6.07) is 2.07. The van der Waals surface area contributed by atoms with E-state index in [1.165, 1.54) is 4.88 Å². The molecular formula is C12H13N3O2S. The number of thiophene rings is 1. The maximum atomic E-state index is 5.63. The molecule has 18 heavy (non-hydrogen) atoms. The fourth-order valence-electron chi connectivity index (χ4n) is 1.81. The molecule has 0 aromatic carbocycles. The van der Waals surface area contributed by atoms with Crippen molar-refractivity contribution in [3.8, 4) is 0 Å². The highest BCUT2D eigenvalue weighted by atomic mass is 32.1. The van der Waals surface area contributed by atoms with Gasteiger partial charge < -0.3 is 15.2 Å². The van der Waals surface area contributed by atoms with Crippen LogP contribution in [0.5, 0.6) is 0 Å². The minimum atomic E-state index is -0.697. The molecule has 0 aliphatic carbocycles. The summed E-state index contributed by atoms with van der Waals surface area (Å²) < 4.78 is 12.7. The third kappa shape index (κ3) is 1.95. The van der Waals surface area contributed by atoms with Crippen LogP contribution in [0.15, 0.2) is 36.4 Å². The van der Waals surface area contributed by atoms with Gasteiger partial charge in [0.2, 0.25) is 0 Å². The predicted octanol–water partition coefficient (Wildman–Crippen LogP) is 2.27. The Morgan fingerprint density at radius 1 is 1.44 bits per heavy atom. The van der Waals surface area contributed by atoms with Crippen molar-refractivity contribution in [1.82, 2.24) is 9.78 Å². The highest BCUT2D eigenvalue weighted by molar-refractivity contribution is 7.10. The number of hydrogen-bond acceptors (Lipinski definition) is 5. The number of anilines is 1. The van der Waals surface area contributed by atoms with Gasteiger partial charge in [-0.25, -0.2) is 0 Å². The van der Waals surface area contributed by atoms with Gasteiger partial charge in [0.15, 0.2) is 0 Å². The molecule has 3 rings (SSSR count). The zero-order valence-corrected chi connectivity index (χ0v) is 10.7. The lowest BCUT2D eigenvalue weighted by Gasteiger charge is -2.21. The molecule has 2 aromatic rings. The molecule has 0 saturated carbocycles. The Balaban J connectivity index is 1.77. The molecule has 0 amide bonds. The first-order valence-electron chi connectivity index (χ1n) is 5.52. The fourth-order valence-corrected chi connectivity index (χ4v) is 2.77. The second kappa shape index (κ2) is 4.06. The lowest BCUT2D eigenvalue weighted by atomic mass is 10.1. The van der Waals surface area contributed by atoms with E-state index in [0.717, 1.165) is 5.56 Å². The fraction of sp³-hybridized carbons (Fsp3) is 0.250. The Bertz CT molecular complexity index is 580. The topological polar surface area (TPSA) is 62.3 Å². The summed E-state index contributed by atoms with van der Waals surface area (Å²) >= 11 is 1.65. The summed E-state index contributed by atoms with van der Waals surface area (Å²) in [6.07, 6.45) is 6.57. The quantitative estimate of drug-likeness (QED) is 0.922. The van der Waals surface area contributed by atoms with E-state index >= 15 is 0 Å². The van der Waals surface area contributed by atoms with Crippen molar-refractivity contribution in [2.45, 2.75) is 19.3 Å². The van der Waals surface area contributed by atoms with Gasteiger partial charge in [-0.05, 0) is 6.07 Å². The van der Waals surface area contributed by atoms with Crippen LogP contribution < -0.4 is 5.73 Å². The Hall–Kier alpha value is -1.95. The number of nitrogen functional groups attached to an aromatic ring is 1. The van der Waals surface area contributed by atoms with Gasteiger partial charge in [0, 0.05) is 28.9 Å². The van der Waals surface area contributed by atoms with Gasteiger partial charge in [-0.2, -0.15) is 5.10 Å². The van der Waals surface area contributed by atoms with E-state index in [1.807, 2.05) is 23.2 Å². The van der Waals surface area contributed by atoms with Gasteiger partial charge in [-0.15, -0.1) is 11.3 Å². The first-order valence-corrected chi connectivity index (χ1v) is 6.40. The molecule has 0 bridgehead atoms. The summed E-state index contributed by atoms with van der Waals surface area (Å²) in [6.45, 7) is 2.59. The van der Waals surface area contributed by atoms with Gasteiger partial charge in [0.25, 0.3) is 5.79 Å².